The lowest BCUT2D eigenvalue weighted by Crippen LogP contribution is -2.36. The molecule has 0 saturated heterocycles. The number of hydrogen-bond acceptors (Lipinski definition) is 6. The van der Waals surface area contributed by atoms with Crippen LogP contribution in [0.2, 0.25) is 0 Å². The van der Waals surface area contributed by atoms with E-state index in [4.69, 9.17) is 14.8 Å². The number of Topliss-reactive ketones (excluding diaryl/α,β-unsaturated/α-hetero) is 1. The monoisotopic (exact) mass is 536 g/mol. The van der Waals surface area contributed by atoms with Gasteiger partial charge in [-0.05, 0) is 47.6 Å². The van der Waals surface area contributed by atoms with E-state index in [1.807, 2.05) is 59.3 Å². The Labute approximate surface area is 233 Å². The summed E-state index contributed by atoms with van der Waals surface area (Å²) in [6.45, 7) is 6.89. The molecule has 0 bridgehead atoms. The van der Waals surface area contributed by atoms with Crippen molar-refractivity contribution in [1.29, 1.82) is 0 Å². The van der Waals surface area contributed by atoms with E-state index >= 15 is 0 Å². The predicted octanol–water partition coefficient (Wildman–Crippen LogP) is 7.12. The summed E-state index contributed by atoms with van der Waals surface area (Å²) in [5, 5.41) is 9.05. The van der Waals surface area contributed by atoms with Crippen molar-refractivity contribution in [1.82, 2.24) is 14.8 Å². The number of anilines is 1. The highest BCUT2D eigenvalue weighted by molar-refractivity contribution is 7.98. The lowest BCUT2D eigenvalue weighted by Gasteiger charge is -2.38. The second kappa shape index (κ2) is 10.4. The number of nitrogens with one attached hydrogen (secondary N) is 1. The van der Waals surface area contributed by atoms with Gasteiger partial charge in [0.25, 0.3) is 0 Å². The molecule has 1 aliphatic carbocycles. The van der Waals surface area contributed by atoms with Crippen molar-refractivity contribution in [2.75, 3.05) is 5.32 Å². The Balaban J connectivity index is 1.29. The Hall–Kier alpha value is -3.84. The molecule has 2 aliphatic rings. The molecule has 1 atom stereocenters. The largest absolute Gasteiger partial charge is 0.489 e. The van der Waals surface area contributed by atoms with Crippen LogP contribution in [0.5, 0.6) is 5.75 Å². The third kappa shape index (κ3) is 5.50. The molecule has 1 unspecified atom stereocenters. The third-order valence-corrected chi connectivity index (χ3v) is 8.15. The predicted molar refractivity (Wildman–Crippen MR) is 155 cm³/mol. The first-order chi connectivity index (χ1) is 18.8. The number of benzene rings is 3. The zero-order valence-corrected chi connectivity index (χ0v) is 23.3. The molecule has 39 heavy (non-hydrogen) atoms. The number of allylic oxidation sites excluding steroid dienone is 2. The van der Waals surface area contributed by atoms with Crippen molar-refractivity contribution in [2.24, 2.45) is 5.41 Å². The number of carbonyl (C=O) groups excluding carboxylic acids is 1. The molecule has 0 amide bonds. The topological polar surface area (TPSA) is 69.0 Å². The number of ketones is 1. The molecule has 198 valence electrons. The molecule has 1 N–H and O–H groups in total. The zero-order valence-electron chi connectivity index (χ0n) is 22.5. The second-order valence-corrected chi connectivity index (χ2v) is 12.1. The standard InChI is InChI=1S/C32H32N4O2S/c1-21-9-11-23(12-10-21)20-39-31-34-30-33-26-17-32(2,3)18-27(37)28(26)29(36(30)35-31)24-13-15-25(16-14-24)38-19-22-7-5-4-6-8-22/h4-16,29H,17-20H2,1-3H3,(H,33,34,35). The maximum atomic E-state index is 13.5. The summed E-state index contributed by atoms with van der Waals surface area (Å²) in [6.07, 6.45) is 1.31. The van der Waals surface area contributed by atoms with Gasteiger partial charge < -0.3 is 10.1 Å². The number of ether oxygens (including phenoxy) is 1. The average Bonchev–Trinajstić information content (AvgIpc) is 3.33. The molecule has 0 fully saturated rings. The SMILES string of the molecule is Cc1ccc(CSc2nc3n(n2)C(c2ccc(OCc4ccccc4)cc2)C2=C(CC(C)(C)CC2=O)N3)cc1. The molecule has 0 radical (unpaired) electrons. The number of aryl methyl sites for hydroxylation is 1. The molecule has 6 nitrogen and oxygen atoms in total. The quantitative estimate of drug-likeness (QED) is 0.254. The summed E-state index contributed by atoms with van der Waals surface area (Å²) in [7, 11) is 0. The van der Waals surface area contributed by atoms with E-state index in [1.165, 1.54) is 11.1 Å². The fourth-order valence-electron chi connectivity index (χ4n) is 5.28. The first kappa shape index (κ1) is 25.4. The van der Waals surface area contributed by atoms with Gasteiger partial charge in [0.05, 0.1) is 0 Å². The average molecular weight is 537 g/mol. The summed E-state index contributed by atoms with van der Waals surface area (Å²) < 4.78 is 7.90. The van der Waals surface area contributed by atoms with Crippen LogP contribution >= 0.6 is 11.8 Å². The van der Waals surface area contributed by atoms with Crippen molar-refractivity contribution in [2.45, 2.75) is 57.2 Å². The molecule has 2 heterocycles. The normalized spacial score (nSPS) is 17.8. The molecule has 1 aromatic heterocycles. The minimum atomic E-state index is -0.329. The van der Waals surface area contributed by atoms with Crippen LogP contribution in [0.3, 0.4) is 0 Å². The van der Waals surface area contributed by atoms with E-state index < -0.39 is 0 Å². The number of rotatable bonds is 7. The van der Waals surface area contributed by atoms with E-state index in [9.17, 15) is 4.79 Å². The minimum absolute atomic E-state index is 0.103. The Bertz CT molecular complexity index is 1520. The number of aromatic nitrogens is 3. The van der Waals surface area contributed by atoms with Crippen LogP contribution < -0.4 is 10.1 Å². The van der Waals surface area contributed by atoms with Gasteiger partial charge in [-0.1, -0.05) is 97.9 Å². The lowest BCUT2D eigenvalue weighted by atomic mass is 9.73. The van der Waals surface area contributed by atoms with E-state index in [1.54, 1.807) is 11.8 Å². The fraction of sp³-hybridized carbons (Fsp3) is 0.281. The molecule has 6 rings (SSSR count). The van der Waals surface area contributed by atoms with Gasteiger partial charge in [0, 0.05) is 23.4 Å². The molecule has 3 aromatic carbocycles. The molecule has 4 aromatic rings. The van der Waals surface area contributed by atoms with E-state index in [2.05, 4.69) is 50.4 Å². The van der Waals surface area contributed by atoms with Crippen LogP contribution in [0.25, 0.3) is 0 Å². The van der Waals surface area contributed by atoms with Gasteiger partial charge in [-0.3, -0.25) is 4.79 Å². The van der Waals surface area contributed by atoms with Gasteiger partial charge in [-0.15, -0.1) is 5.10 Å². The Kier molecular flexibility index (Phi) is 6.77. The highest BCUT2D eigenvalue weighted by Crippen LogP contribution is 2.46. The Morgan fingerprint density at radius 3 is 2.46 bits per heavy atom. The van der Waals surface area contributed by atoms with Crippen LogP contribution in [0.15, 0.2) is 95.3 Å². The number of nitrogens with zero attached hydrogens (tertiary/aromatic N) is 3. The third-order valence-electron chi connectivity index (χ3n) is 7.25. The van der Waals surface area contributed by atoms with Crippen LogP contribution in [-0.2, 0) is 17.2 Å². The summed E-state index contributed by atoms with van der Waals surface area (Å²) in [4.78, 5) is 18.4. The van der Waals surface area contributed by atoms with Crippen LogP contribution in [0, 0.1) is 12.3 Å². The van der Waals surface area contributed by atoms with Gasteiger partial charge >= 0.3 is 0 Å². The molecular formula is C32H32N4O2S. The summed E-state index contributed by atoms with van der Waals surface area (Å²) in [5.41, 5.74) is 6.22. The van der Waals surface area contributed by atoms with Gasteiger partial charge in [0.15, 0.2) is 5.78 Å². The molecule has 0 spiro atoms. The van der Waals surface area contributed by atoms with Gasteiger partial charge in [-0.25, -0.2) is 4.68 Å². The van der Waals surface area contributed by atoms with Crippen LogP contribution in [0.1, 0.15) is 55.0 Å². The van der Waals surface area contributed by atoms with Gasteiger partial charge in [0.2, 0.25) is 11.1 Å². The number of fused-ring (bicyclic) bond motifs is 1. The van der Waals surface area contributed by atoms with Gasteiger partial charge in [-0.2, -0.15) is 4.98 Å². The zero-order chi connectivity index (χ0) is 27.0. The van der Waals surface area contributed by atoms with Crippen LogP contribution in [0.4, 0.5) is 5.95 Å². The lowest BCUT2D eigenvalue weighted by molar-refractivity contribution is -0.118. The molecule has 1 aliphatic heterocycles. The van der Waals surface area contributed by atoms with Gasteiger partial charge in [0.1, 0.15) is 18.4 Å². The smallest absolute Gasteiger partial charge is 0.227 e. The van der Waals surface area contributed by atoms with E-state index in [-0.39, 0.29) is 17.2 Å². The Morgan fingerprint density at radius 2 is 1.72 bits per heavy atom. The molecule has 7 heteroatoms. The highest BCUT2D eigenvalue weighted by atomic mass is 32.2. The minimum Gasteiger partial charge on any atom is -0.489 e. The Morgan fingerprint density at radius 1 is 0.974 bits per heavy atom. The number of hydrogen-bond donors (Lipinski definition) is 1. The van der Waals surface area contributed by atoms with E-state index in [0.717, 1.165) is 40.3 Å². The first-order valence-electron chi connectivity index (χ1n) is 13.3. The van der Waals surface area contributed by atoms with Crippen molar-refractivity contribution >= 4 is 23.5 Å². The molecule has 0 saturated carbocycles. The fourth-order valence-corrected chi connectivity index (χ4v) is 6.06. The maximum absolute atomic E-state index is 13.5. The van der Waals surface area contributed by atoms with Crippen molar-refractivity contribution in [3.05, 3.63) is 112 Å². The maximum Gasteiger partial charge on any atom is 0.227 e. The van der Waals surface area contributed by atoms with Crippen molar-refractivity contribution < 1.29 is 9.53 Å². The molecular weight excluding hydrogens is 504 g/mol. The second-order valence-electron chi connectivity index (χ2n) is 11.1. The summed E-state index contributed by atoms with van der Waals surface area (Å²) >= 11 is 1.60. The summed E-state index contributed by atoms with van der Waals surface area (Å²) in [5.74, 6) is 2.41. The number of thioether (sulfide) groups is 1. The number of carbonyl (C=O) groups is 1. The summed E-state index contributed by atoms with van der Waals surface area (Å²) in [6, 6.07) is 26.3. The van der Waals surface area contributed by atoms with Crippen LogP contribution in [-0.4, -0.2) is 20.5 Å². The first-order valence-corrected chi connectivity index (χ1v) is 14.3. The van der Waals surface area contributed by atoms with E-state index in [0.29, 0.717) is 24.1 Å². The van der Waals surface area contributed by atoms with Crippen molar-refractivity contribution in [3.8, 4) is 5.75 Å². The van der Waals surface area contributed by atoms with Crippen molar-refractivity contribution in [3.63, 3.8) is 0 Å². The highest BCUT2D eigenvalue weighted by Gasteiger charge is 2.41.